The monoisotopic (exact) mass is 340 g/mol. The summed E-state index contributed by atoms with van der Waals surface area (Å²) in [7, 11) is 0. The number of halogens is 3. The van der Waals surface area contributed by atoms with Crippen LogP contribution in [0.5, 0.6) is 0 Å². The Hall–Kier alpha value is -1.19. The molecule has 0 spiro atoms. The molecule has 0 aliphatic rings. The Bertz CT molecular complexity index is 640. The summed E-state index contributed by atoms with van der Waals surface area (Å²) in [5.74, 6) is -0.422. The van der Waals surface area contributed by atoms with Crippen LogP contribution < -0.4 is 0 Å². The third-order valence-corrected chi connectivity index (χ3v) is 3.84. The second kappa shape index (κ2) is 5.85. The molecule has 0 aromatic heterocycles. The first-order valence-corrected chi connectivity index (χ1v) is 6.88. The second-order valence-corrected chi connectivity index (χ2v) is 5.58. The van der Waals surface area contributed by atoms with Gasteiger partial charge in [-0.1, -0.05) is 39.7 Å². The molecule has 0 bridgehead atoms. The Balaban J connectivity index is 2.25. The molecule has 98 valence electrons. The number of hydrogen-bond donors (Lipinski definition) is 0. The molecule has 4 heteroatoms. The van der Waals surface area contributed by atoms with Gasteiger partial charge in [0.1, 0.15) is 5.82 Å². The summed E-state index contributed by atoms with van der Waals surface area (Å²) in [5, 5.41) is 0.447. The van der Waals surface area contributed by atoms with Crippen molar-refractivity contribution in [2.75, 3.05) is 0 Å². The van der Waals surface area contributed by atoms with Crippen molar-refractivity contribution in [3.8, 4) is 0 Å². The smallest absolute Gasteiger partial charge is 0.168 e. The molecule has 0 saturated carbocycles. The van der Waals surface area contributed by atoms with Gasteiger partial charge in [-0.25, -0.2) is 4.39 Å². The van der Waals surface area contributed by atoms with E-state index in [0.717, 1.165) is 11.1 Å². The highest BCUT2D eigenvalue weighted by Crippen LogP contribution is 2.23. The van der Waals surface area contributed by atoms with Crippen LogP contribution in [0.25, 0.3) is 0 Å². The summed E-state index contributed by atoms with van der Waals surface area (Å²) in [5.41, 5.74) is 2.23. The van der Waals surface area contributed by atoms with E-state index in [1.807, 2.05) is 13.0 Å². The summed E-state index contributed by atoms with van der Waals surface area (Å²) in [6.45, 7) is 1.91. The van der Waals surface area contributed by atoms with Crippen molar-refractivity contribution in [3.63, 3.8) is 0 Å². The Morgan fingerprint density at radius 2 is 2.00 bits per heavy atom. The molecule has 0 saturated heterocycles. The minimum atomic E-state index is -0.337. The van der Waals surface area contributed by atoms with Gasteiger partial charge >= 0.3 is 0 Å². The van der Waals surface area contributed by atoms with E-state index in [1.165, 1.54) is 12.1 Å². The SMILES string of the molecule is Cc1ccc(C(=O)Cc2ccc(F)cc2Br)c(Cl)c1. The summed E-state index contributed by atoms with van der Waals surface area (Å²) in [4.78, 5) is 12.2. The Morgan fingerprint density at radius 1 is 1.26 bits per heavy atom. The average Bonchev–Trinajstić information content (AvgIpc) is 2.32. The lowest BCUT2D eigenvalue weighted by atomic mass is 10.0. The van der Waals surface area contributed by atoms with E-state index >= 15 is 0 Å². The number of Topliss-reactive ketones (excluding diaryl/α,β-unsaturated/α-hetero) is 1. The Labute approximate surface area is 124 Å². The lowest BCUT2D eigenvalue weighted by Gasteiger charge is -2.06. The second-order valence-electron chi connectivity index (χ2n) is 4.32. The van der Waals surface area contributed by atoms with E-state index in [-0.39, 0.29) is 18.0 Å². The molecule has 2 aromatic rings. The quantitative estimate of drug-likeness (QED) is 0.720. The predicted molar refractivity (Wildman–Crippen MR) is 78.3 cm³/mol. The molecule has 1 nitrogen and oxygen atoms in total. The van der Waals surface area contributed by atoms with Crippen LogP contribution >= 0.6 is 27.5 Å². The van der Waals surface area contributed by atoms with Crippen molar-refractivity contribution < 1.29 is 9.18 Å². The van der Waals surface area contributed by atoms with Gasteiger partial charge in [-0.05, 0) is 42.3 Å². The molecule has 0 radical (unpaired) electrons. The van der Waals surface area contributed by atoms with Crippen molar-refractivity contribution in [2.24, 2.45) is 0 Å². The van der Waals surface area contributed by atoms with Crippen LogP contribution in [-0.2, 0) is 6.42 Å². The van der Waals surface area contributed by atoms with Crippen LogP contribution in [0.15, 0.2) is 40.9 Å². The van der Waals surface area contributed by atoms with E-state index in [4.69, 9.17) is 11.6 Å². The summed E-state index contributed by atoms with van der Waals surface area (Å²) < 4.78 is 13.6. The normalized spacial score (nSPS) is 10.5. The van der Waals surface area contributed by atoms with E-state index in [0.29, 0.717) is 15.1 Å². The van der Waals surface area contributed by atoms with Crippen LogP contribution in [0.3, 0.4) is 0 Å². The van der Waals surface area contributed by atoms with E-state index in [1.54, 1.807) is 18.2 Å². The van der Waals surface area contributed by atoms with Crippen LogP contribution in [-0.4, -0.2) is 5.78 Å². The predicted octanol–water partition coefficient (Wildman–Crippen LogP) is 4.98. The highest BCUT2D eigenvalue weighted by molar-refractivity contribution is 9.10. The minimum absolute atomic E-state index is 0.0858. The summed E-state index contributed by atoms with van der Waals surface area (Å²) in [6.07, 6.45) is 0.184. The third-order valence-electron chi connectivity index (χ3n) is 2.79. The zero-order chi connectivity index (χ0) is 14.0. The molecule has 0 unspecified atom stereocenters. The molecular weight excluding hydrogens is 331 g/mol. The first-order chi connectivity index (χ1) is 8.97. The standard InChI is InChI=1S/C15H11BrClFO/c1-9-2-5-12(14(17)6-9)15(19)7-10-3-4-11(18)8-13(10)16/h2-6,8H,7H2,1H3. The number of rotatable bonds is 3. The van der Waals surface area contributed by atoms with Crippen LogP contribution in [0, 0.1) is 12.7 Å². The average molecular weight is 342 g/mol. The van der Waals surface area contributed by atoms with E-state index in [9.17, 15) is 9.18 Å². The van der Waals surface area contributed by atoms with Gasteiger partial charge < -0.3 is 0 Å². The van der Waals surface area contributed by atoms with Crippen LogP contribution in [0.4, 0.5) is 4.39 Å². The first-order valence-electron chi connectivity index (χ1n) is 5.70. The molecular formula is C15H11BrClFO. The molecule has 2 rings (SSSR count). The fraction of sp³-hybridized carbons (Fsp3) is 0.133. The molecule has 0 aliphatic heterocycles. The van der Waals surface area contributed by atoms with Gasteiger partial charge in [-0.3, -0.25) is 4.79 Å². The topological polar surface area (TPSA) is 17.1 Å². The van der Waals surface area contributed by atoms with Crippen molar-refractivity contribution in [1.82, 2.24) is 0 Å². The van der Waals surface area contributed by atoms with Gasteiger partial charge in [0.15, 0.2) is 5.78 Å². The van der Waals surface area contributed by atoms with Gasteiger partial charge in [-0.2, -0.15) is 0 Å². The molecule has 0 fully saturated rings. The summed E-state index contributed by atoms with van der Waals surface area (Å²) >= 11 is 9.32. The molecule has 0 N–H and O–H groups in total. The fourth-order valence-corrected chi connectivity index (χ4v) is 2.61. The summed E-state index contributed by atoms with van der Waals surface area (Å²) in [6, 6.07) is 9.60. The highest BCUT2D eigenvalue weighted by Gasteiger charge is 2.13. The molecule has 2 aromatic carbocycles. The van der Waals surface area contributed by atoms with Crippen molar-refractivity contribution >= 4 is 33.3 Å². The largest absolute Gasteiger partial charge is 0.294 e. The number of carbonyl (C=O) groups excluding carboxylic acids is 1. The molecule has 19 heavy (non-hydrogen) atoms. The van der Waals surface area contributed by atoms with Gasteiger partial charge in [-0.15, -0.1) is 0 Å². The molecule has 0 heterocycles. The fourth-order valence-electron chi connectivity index (χ4n) is 1.78. The van der Waals surface area contributed by atoms with Gasteiger partial charge in [0.2, 0.25) is 0 Å². The molecule has 0 amide bonds. The number of carbonyl (C=O) groups is 1. The Morgan fingerprint density at radius 3 is 2.63 bits per heavy atom. The maximum absolute atomic E-state index is 13.0. The minimum Gasteiger partial charge on any atom is -0.294 e. The Kier molecular flexibility index (Phi) is 4.38. The first kappa shape index (κ1) is 14.2. The maximum Gasteiger partial charge on any atom is 0.168 e. The van der Waals surface area contributed by atoms with Gasteiger partial charge in [0, 0.05) is 16.5 Å². The number of benzene rings is 2. The lowest BCUT2D eigenvalue weighted by molar-refractivity contribution is 0.0993. The van der Waals surface area contributed by atoms with E-state index < -0.39 is 0 Å². The van der Waals surface area contributed by atoms with Gasteiger partial charge in [0.25, 0.3) is 0 Å². The lowest BCUT2D eigenvalue weighted by Crippen LogP contribution is -2.05. The number of aryl methyl sites for hydroxylation is 1. The number of ketones is 1. The van der Waals surface area contributed by atoms with Gasteiger partial charge in [0.05, 0.1) is 5.02 Å². The van der Waals surface area contributed by atoms with Crippen LogP contribution in [0.2, 0.25) is 5.02 Å². The van der Waals surface area contributed by atoms with Crippen molar-refractivity contribution in [1.29, 1.82) is 0 Å². The zero-order valence-electron chi connectivity index (χ0n) is 10.2. The molecule has 0 atom stereocenters. The number of hydrogen-bond acceptors (Lipinski definition) is 1. The van der Waals surface area contributed by atoms with Crippen molar-refractivity contribution in [2.45, 2.75) is 13.3 Å². The third kappa shape index (κ3) is 3.43. The zero-order valence-corrected chi connectivity index (χ0v) is 12.6. The van der Waals surface area contributed by atoms with Crippen LogP contribution in [0.1, 0.15) is 21.5 Å². The maximum atomic E-state index is 13.0. The van der Waals surface area contributed by atoms with Crippen molar-refractivity contribution in [3.05, 3.63) is 68.4 Å². The highest BCUT2D eigenvalue weighted by atomic mass is 79.9. The molecule has 0 aliphatic carbocycles. The van der Waals surface area contributed by atoms with E-state index in [2.05, 4.69) is 15.9 Å².